The van der Waals surface area contributed by atoms with Crippen molar-refractivity contribution in [1.29, 1.82) is 0 Å². The Bertz CT molecular complexity index is 774. The van der Waals surface area contributed by atoms with E-state index in [2.05, 4.69) is 33.6 Å². The molecule has 2 heterocycles. The van der Waals surface area contributed by atoms with Crippen molar-refractivity contribution < 1.29 is 0 Å². The quantitative estimate of drug-likeness (QED) is 0.656. The molecule has 3 rings (SSSR count). The van der Waals surface area contributed by atoms with Crippen molar-refractivity contribution in [3.05, 3.63) is 53.5 Å². The Morgan fingerprint density at radius 1 is 1.05 bits per heavy atom. The Labute approximate surface area is 123 Å². The molecular weight excluding hydrogens is 270 g/mol. The molecule has 3 aromatic rings. The molecular formula is C16H16ClN3. The van der Waals surface area contributed by atoms with Crippen molar-refractivity contribution in [2.75, 3.05) is 0 Å². The third-order valence-corrected chi connectivity index (χ3v) is 3.58. The fourth-order valence-corrected chi connectivity index (χ4v) is 2.53. The van der Waals surface area contributed by atoms with Gasteiger partial charge in [-0.2, -0.15) is 0 Å². The maximum absolute atomic E-state index is 6.31. The van der Waals surface area contributed by atoms with E-state index < -0.39 is 0 Å². The number of halogens is 1. The van der Waals surface area contributed by atoms with E-state index in [1.807, 2.05) is 38.1 Å². The van der Waals surface area contributed by atoms with Gasteiger partial charge in [0.05, 0.1) is 11.1 Å². The summed E-state index contributed by atoms with van der Waals surface area (Å²) in [5.41, 5.74) is 4.97. The van der Waals surface area contributed by atoms with Crippen molar-refractivity contribution in [1.82, 2.24) is 14.5 Å². The zero-order valence-electron chi connectivity index (χ0n) is 11.8. The molecule has 102 valence electrons. The molecule has 1 aromatic carbocycles. The maximum Gasteiger partial charge on any atom is 0.164 e. The molecule has 0 saturated heterocycles. The Balaban J connectivity index is 2.40. The van der Waals surface area contributed by atoms with Crippen LogP contribution in [0.2, 0.25) is 0 Å². The van der Waals surface area contributed by atoms with Crippen LogP contribution in [0.4, 0.5) is 0 Å². The van der Waals surface area contributed by atoms with E-state index >= 15 is 0 Å². The van der Waals surface area contributed by atoms with Crippen LogP contribution in [0.25, 0.3) is 16.9 Å². The van der Waals surface area contributed by atoms with Crippen LogP contribution in [0.5, 0.6) is 0 Å². The van der Waals surface area contributed by atoms with Crippen LogP contribution in [0, 0.1) is 13.8 Å². The van der Waals surface area contributed by atoms with Crippen LogP contribution >= 0.6 is 11.6 Å². The summed E-state index contributed by atoms with van der Waals surface area (Å²) in [4.78, 5) is 9.28. The van der Waals surface area contributed by atoms with E-state index in [0.717, 1.165) is 28.4 Å². The first-order chi connectivity index (χ1) is 9.58. The average molecular weight is 286 g/mol. The number of fused-ring (bicyclic) bond motifs is 1. The summed E-state index contributed by atoms with van der Waals surface area (Å²) in [7, 11) is 0. The number of para-hydroxylation sites is 1. The molecule has 0 radical (unpaired) electrons. The first kappa shape index (κ1) is 13.1. The molecule has 0 amide bonds. The fraction of sp³-hybridized carbons (Fsp3) is 0.250. The zero-order chi connectivity index (χ0) is 14.3. The Morgan fingerprint density at radius 3 is 2.50 bits per heavy atom. The smallest absolute Gasteiger partial charge is 0.164 e. The second-order valence-corrected chi connectivity index (χ2v) is 5.66. The van der Waals surface area contributed by atoms with Crippen molar-refractivity contribution in [2.45, 2.75) is 26.1 Å². The van der Waals surface area contributed by atoms with Gasteiger partial charge in [-0.15, -0.1) is 11.6 Å². The molecule has 0 aliphatic rings. The Morgan fingerprint density at radius 2 is 1.80 bits per heavy atom. The van der Waals surface area contributed by atoms with Crippen molar-refractivity contribution in [2.24, 2.45) is 0 Å². The molecule has 20 heavy (non-hydrogen) atoms. The van der Waals surface area contributed by atoms with Gasteiger partial charge in [-0.25, -0.2) is 9.97 Å². The number of pyridine rings is 1. The van der Waals surface area contributed by atoms with Crippen LogP contribution < -0.4 is 0 Å². The molecule has 0 fully saturated rings. The first-order valence-corrected chi connectivity index (χ1v) is 7.07. The number of aromatic nitrogens is 3. The van der Waals surface area contributed by atoms with Gasteiger partial charge < -0.3 is 0 Å². The third-order valence-electron chi connectivity index (χ3n) is 3.38. The number of hydrogen-bond acceptors (Lipinski definition) is 2. The summed E-state index contributed by atoms with van der Waals surface area (Å²) < 4.78 is 2.06. The van der Waals surface area contributed by atoms with Crippen molar-refractivity contribution in [3.8, 4) is 5.69 Å². The van der Waals surface area contributed by atoms with Crippen LogP contribution in [-0.4, -0.2) is 14.5 Å². The summed E-state index contributed by atoms with van der Waals surface area (Å²) in [5.74, 6) is 0.828. The van der Waals surface area contributed by atoms with Crippen molar-refractivity contribution >= 4 is 22.8 Å². The second-order valence-electron chi connectivity index (χ2n) is 5.00. The number of hydrogen-bond donors (Lipinski definition) is 0. The minimum absolute atomic E-state index is 0.177. The number of rotatable bonds is 2. The number of nitrogens with zero attached hydrogens (tertiary/aromatic N) is 3. The number of benzene rings is 1. The van der Waals surface area contributed by atoms with E-state index in [0.29, 0.717) is 0 Å². The summed E-state index contributed by atoms with van der Waals surface area (Å²) in [6.07, 6.45) is 0. The lowest BCUT2D eigenvalue weighted by atomic mass is 10.2. The van der Waals surface area contributed by atoms with E-state index in [-0.39, 0.29) is 5.38 Å². The molecule has 0 spiro atoms. The average Bonchev–Trinajstić information content (AvgIpc) is 2.78. The molecule has 1 unspecified atom stereocenters. The highest BCUT2D eigenvalue weighted by atomic mass is 35.5. The molecule has 0 bridgehead atoms. The van der Waals surface area contributed by atoms with Crippen LogP contribution in [0.3, 0.4) is 0 Å². The topological polar surface area (TPSA) is 30.7 Å². The number of alkyl halides is 1. The van der Waals surface area contributed by atoms with E-state index in [9.17, 15) is 0 Å². The lowest BCUT2D eigenvalue weighted by Gasteiger charge is -2.12. The molecule has 3 nitrogen and oxygen atoms in total. The lowest BCUT2D eigenvalue weighted by molar-refractivity contribution is 0.871. The third kappa shape index (κ3) is 2.08. The molecule has 1 atom stereocenters. The monoisotopic (exact) mass is 285 g/mol. The SMILES string of the molecule is Cc1ccc2nc(C(C)Cl)n(-c3ccccc3C)c2n1. The van der Waals surface area contributed by atoms with Crippen LogP contribution in [-0.2, 0) is 0 Å². The Kier molecular flexibility index (Phi) is 3.22. The van der Waals surface area contributed by atoms with Gasteiger partial charge in [0.2, 0.25) is 0 Å². The van der Waals surface area contributed by atoms with Gasteiger partial charge in [0.1, 0.15) is 11.3 Å². The predicted molar refractivity (Wildman–Crippen MR) is 82.6 cm³/mol. The highest BCUT2D eigenvalue weighted by Crippen LogP contribution is 2.28. The number of aryl methyl sites for hydroxylation is 2. The van der Waals surface area contributed by atoms with E-state index in [4.69, 9.17) is 11.6 Å². The summed E-state index contributed by atoms with van der Waals surface area (Å²) in [6.45, 7) is 6.00. The molecule has 0 aliphatic heterocycles. The fourth-order valence-electron chi connectivity index (χ4n) is 2.39. The number of imidazole rings is 1. The van der Waals surface area contributed by atoms with E-state index in [1.165, 1.54) is 5.56 Å². The maximum atomic E-state index is 6.31. The van der Waals surface area contributed by atoms with Crippen molar-refractivity contribution in [3.63, 3.8) is 0 Å². The second kappa shape index (κ2) is 4.91. The predicted octanol–water partition coefficient (Wildman–Crippen LogP) is 4.34. The lowest BCUT2D eigenvalue weighted by Crippen LogP contribution is -2.04. The molecule has 0 saturated carbocycles. The summed E-state index contributed by atoms with van der Waals surface area (Å²) in [5, 5.41) is -0.177. The Hall–Kier alpha value is -1.87. The molecule has 0 N–H and O–H groups in total. The van der Waals surface area contributed by atoms with Gasteiger partial charge in [-0.1, -0.05) is 18.2 Å². The normalized spacial score (nSPS) is 12.8. The van der Waals surface area contributed by atoms with Crippen LogP contribution in [0.1, 0.15) is 29.4 Å². The van der Waals surface area contributed by atoms with Gasteiger partial charge >= 0.3 is 0 Å². The summed E-state index contributed by atoms with van der Waals surface area (Å²) in [6, 6.07) is 12.2. The zero-order valence-corrected chi connectivity index (χ0v) is 12.5. The largest absolute Gasteiger partial charge is 0.279 e. The highest BCUT2D eigenvalue weighted by molar-refractivity contribution is 6.20. The minimum Gasteiger partial charge on any atom is -0.279 e. The van der Waals surface area contributed by atoms with Gasteiger partial charge in [-0.05, 0) is 44.5 Å². The minimum atomic E-state index is -0.177. The molecule has 2 aromatic heterocycles. The van der Waals surface area contributed by atoms with Gasteiger partial charge in [0.15, 0.2) is 5.65 Å². The highest BCUT2D eigenvalue weighted by Gasteiger charge is 2.18. The summed E-state index contributed by atoms with van der Waals surface area (Å²) >= 11 is 6.31. The van der Waals surface area contributed by atoms with E-state index in [1.54, 1.807) is 0 Å². The van der Waals surface area contributed by atoms with Gasteiger partial charge in [-0.3, -0.25) is 4.57 Å². The standard InChI is InChI=1S/C16H16ClN3/c1-10-6-4-5-7-14(10)20-15(12(3)17)19-13-9-8-11(2)18-16(13)20/h4-9,12H,1-3H3. The first-order valence-electron chi connectivity index (χ1n) is 6.64. The van der Waals surface area contributed by atoms with Gasteiger partial charge in [0.25, 0.3) is 0 Å². The molecule has 0 aliphatic carbocycles. The van der Waals surface area contributed by atoms with Gasteiger partial charge in [0, 0.05) is 5.69 Å². The van der Waals surface area contributed by atoms with Crippen LogP contribution in [0.15, 0.2) is 36.4 Å². The molecule has 4 heteroatoms.